The molecule has 7 nitrogen and oxygen atoms in total. The first-order valence-electron chi connectivity index (χ1n) is 12.1. The monoisotopic (exact) mass is 537 g/mol. The average molecular weight is 538 g/mol. The molecule has 0 aliphatic carbocycles. The highest BCUT2D eigenvalue weighted by molar-refractivity contribution is 7.89. The van der Waals surface area contributed by atoms with Crippen LogP contribution in [0.3, 0.4) is 0 Å². The van der Waals surface area contributed by atoms with Crippen molar-refractivity contribution >= 4 is 38.4 Å². The van der Waals surface area contributed by atoms with Gasteiger partial charge in [-0.1, -0.05) is 72.3 Å². The second kappa shape index (κ2) is 10.3. The van der Waals surface area contributed by atoms with Gasteiger partial charge in [0, 0.05) is 34.4 Å². The van der Waals surface area contributed by atoms with E-state index < -0.39 is 15.9 Å². The first-order valence-corrected chi connectivity index (χ1v) is 13.9. The van der Waals surface area contributed by atoms with Crippen LogP contribution in [-0.4, -0.2) is 43.3 Å². The van der Waals surface area contributed by atoms with Gasteiger partial charge in [-0.2, -0.15) is 4.31 Å². The van der Waals surface area contributed by atoms with Gasteiger partial charge in [-0.15, -0.1) is 0 Å². The maximum absolute atomic E-state index is 13.9. The van der Waals surface area contributed by atoms with Crippen LogP contribution in [0.2, 0.25) is 5.02 Å². The van der Waals surface area contributed by atoms with Gasteiger partial charge in [0.05, 0.1) is 13.2 Å². The molecule has 1 fully saturated rings. The number of sulfonamides is 1. The molecule has 4 aromatic rings. The predicted octanol–water partition coefficient (Wildman–Crippen LogP) is 4.86. The van der Waals surface area contributed by atoms with E-state index in [4.69, 9.17) is 22.1 Å². The van der Waals surface area contributed by atoms with Gasteiger partial charge in [0.15, 0.2) is 0 Å². The Balaban J connectivity index is 1.42. The van der Waals surface area contributed by atoms with E-state index in [0.29, 0.717) is 42.0 Å². The molecule has 0 saturated carbocycles. The molecule has 1 amide bonds. The minimum absolute atomic E-state index is 0.120. The van der Waals surface area contributed by atoms with Crippen LogP contribution in [0.5, 0.6) is 0 Å². The van der Waals surface area contributed by atoms with Crippen molar-refractivity contribution in [3.05, 3.63) is 101 Å². The van der Waals surface area contributed by atoms with Crippen molar-refractivity contribution in [2.45, 2.75) is 29.8 Å². The van der Waals surface area contributed by atoms with Gasteiger partial charge in [0.1, 0.15) is 10.6 Å². The average Bonchev–Trinajstić information content (AvgIpc) is 3.30. The van der Waals surface area contributed by atoms with E-state index in [0.717, 1.165) is 11.1 Å². The zero-order valence-corrected chi connectivity index (χ0v) is 21.8. The standard InChI is InChI=1S/C28H28ClN3O4S/c29-22-11-12-24-23(17-22)26(25(31-24)27(30)33)37(34,35)32-15-13-28(14-16-32,21-9-5-2-6-10-21)19-36-18-20-7-3-1-4-8-20/h1-12,17,31H,13-16,18-19H2,(H2,30,33). The Morgan fingerprint density at radius 3 is 2.30 bits per heavy atom. The van der Waals surface area contributed by atoms with E-state index >= 15 is 0 Å². The number of aromatic nitrogens is 1. The van der Waals surface area contributed by atoms with Gasteiger partial charge < -0.3 is 15.5 Å². The first kappa shape index (κ1) is 25.5. The Morgan fingerprint density at radius 2 is 1.65 bits per heavy atom. The van der Waals surface area contributed by atoms with Crippen LogP contribution in [0.25, 0.3) is 10.9 Å². The zero-order valence-electron chi connectivity index (χ0n) is 20.2. The Hall–Kier alpha value is -3.17. The number of nitrogens with one attached hydrogen (secondary N) is 1. The van der Waals surface area contributed by atoms with E-state index in [1.54, 1.807) is 18.2 Å². The quantitative estimate of drug-likeness (QED) is 0.335. The van der Waals surface area contributed by atoms with Gasteiger partial charge in [0.2, 0.25) is 10.0 Å². The fourth-order valence-corrected chi connectivity index (χ4v) is 7.06. The number of rotatable bonds is 8. The molecule has 0 bridgehead atoms. The Labute approximate surface area is 221 Å². The van der Waals surface area contributed by atoms with Gasteiger partial charge in [-0.3, -0.25) is 4.79 Å². The van der Waals surface area contributed by atoms with Crippen LogP contribution in [0.1, 0.15) is 34.5 Å². The molecule has 37 heavy (non-hydrogen) atoms. The summed E-state index contributed by atoms with van der Waals surface area (Å²) in [4.78, 5) is 14.9. The van der Waals surface area contributed by atoms with Crippen molar-refractivity contribution < 1.29 is 17.9 Å². The van der Waals surface area contributed by atoms with Crippen molar-refractivity contribution in [1.82, 2.24) is 9.29 Å². The number of nitrogens with zero attached hydrogens (tertiary/aromatic N) is 1. The summed E-state index contributed by atoms with van der Waals surface area (Å²) in [6.45, 7) is 1.50. The number of piperidine rings is 1. The lowest BCUT2D eigenvalue weighted by Gasteiger charge is -2.41. The van der Waals surface area contributed by atoms with E-state index in [2.05, 4.69) is 17.1 Å². The van der Waals surface area contributed by atoms with Crippen LogP contribution in [0.15, 0.2) is 83.8 Å². The Morgan fingerprint density at radius 1 is 1.00 bits per heavy atom. The number of H-pyrrole nitrogens is 1. The summed E-state index contributed by atoms with van der Waals surface area (Å²) in [6.07, 6.45) is 1.14. The third-order valence-electron chi connectivity index (χ3n) is 7.11. The minimum atomic E-state index is -4.03. The second-order valence-corrected chi connectivity index (χ2v) is 11.7. The smallest absolute Gasteiger partial charge is 0.266 e. The molecular formula is C28H28ClN3O4S. The molecular weight excluding hydrogens is 510 g/mol. The number of nitrogens with two attached hydrogens (primary N) is 1. The normalized spacial score (nSPS) is 16.1. The topological polar surface area (TPSA) is 105 Å². The van der Waals surface area contributed by atoms with Crippen LogP contribution in [0.4, 0.5) is 0 Å². The van der Waals surface area contributed by atoms with Crippen molar-refractivity contribution in [3.8, 4) is 0 Å². The summed E-state index contributed by atoms with van der Waals surface area (Å²) >= 11 is 6.16. The molecule has 1 aliphatic heterocycles. The van der Waals surface area contributed by atoms with Crippen LogP contribution in [-0.2, 0) is 26.8 Å². The van der Waals surface area contributed by atoms with E-state index in [-0.39, 0.29) is 29.1 Å². The van der Waals surface area contributed by atoms with Crippen molar-refractivity contribution in [3.63, 3.8) is 0 Å². The highest BCUT2D eigenvalue weighted by atomic mass is 35.5. The Bertz CT molecular complexity index is 1510. The molecule has 2 heterocycles. The maximum atomic E-state index is 13.9. The van der Waals surface area contributed by atoms with Gasteiger partial charge in [0.25, 0.3) is 5.91 Å². The predicted molar refractivity (Wildman–Crippen MR) is 144 cm³/mol. The fraction of sp³-hybridized carbons (Fsp3) is 0.250. The molecule has 5 rings (SSSR count). The second-order valence-electron chi connectivity index (χ2n) is 9.41. The van der Waals surface area contributed by atoms with Gasteiger partial charge in [-0.25, -0.2) is 8.42 Å². The minimum Gasteiger partial charge on any atom is -0.376 e. The number of carbonyl (C=O) groups excluding carboxylic acids is 1. The lowest BCUT2D eigenvalue weighted by molar-refractivity contribution is 0.0478. The third kappa shape index (κ3) is 5.02. The highest BCUT2D eigenvalue weighted by Crippen LogP contribution is 2.39. The molecule has 1 aliphatic rings. The van der Waals surface area contributed by atoms with Crippen LogP contribution in [0, 0.1) is 0 Å². The zero-order chi connectivity index (χ0) is 26.0. The SMILES string of the molecule is NC(=O)c1[nH]c2ccc(Cl)cc2c1S(=O)(=O)N1CCC(COCc2ccccc2)(c2ccccc2)CC1. The fourth-order valence-electron chi connectivity index (χ4n) is 5.11. The van der Waals surface area contributed by atoms with E-state index in [1.165, 1.54) is 4.31 Å². The largest absolute Gasteiger partial charge is 0.376 e. The number of hydrogen-bond donors (Lipinski definition) is 2. The summed E-state index contributed by atoms with van der Waals surface area (Å²) in [5.41, 5.74) is 7.79. The number of benzene rings is 3. The molecule has 9 heteroatoms. The summed E-state index contributed by atoms with van der Waals surface area (Å²) < 4.78 is 35.4. The highest BCUT2D eigenvalue weighted by Gasteiger charge is 2.41. The lowest BCUT2D eigenvalue weighted by Crippen LogP contribution is -2.47. The number of aromatic amines is 1. The molecule has 0 atom stereocenters. The summed E-state index contributed by atoms with van der Waals surface area (Å²) in [6, 6.07) is 24.9. The molecule has 1 saturated heterocycles. The third-order valence-corrected chi connectivity index (χ3v) is 9.33. The number of halogens is 1. The van der Waals surface area contributed by atoms with E-state index in [1.807, 2.05) is 48.5 Å². The number of ether oxygens (including phenoxy) is 1. The maximum Gasteiger partial charge on any atom is 0.266 e. The first-order chi connectivity index (χ1) is 17.8. The lowest BCUT2D eigenvalue weighted by atomic mass is 9.74. The molecule has 1 aromatic heterocycles. The number of hydrogen-bond acceptors (Lipinski definition) is 4. The van der Waals surface area contributed by atoms with Crippen LogP contribution < -0.4 is 5.73 Å². The Kier molecular flexibility index (Phi) is 7.09. The molecule has 3 aromatic carbocycles. The van der Waals surface area contributed by atoms with Crippen LogP contribution >= 0.6 is 11.6 Å². The number of primary amides is 1. The van der Waals surface area contributed by atoms with Gasteiger partial charge in [-0.05, 0) is 42.2 Å². The molecule has 0 spiro atoms. The summed E-state index contributed by atoms with van der Waals surface area (Å²) in [5.74, 6) is -0.837. The summed E-state index contributed by atoms with van der Waals surface area (Å²) in [5, 5.41) is 0.726. The molecule has 3 N–H and O–H groups in total. The number of fused-ring (bicyclic) bond motifs is 1. The van der Waals surface area contributed by atoms with E-state index in [9.17, 15) is 13.2 Å². The molecule has 0 radical (unpaired) electrons. The number of amides is 1. The summed E-state index contributed by atoms with van der Waals surface area (Å²) in [7, 11) is -4.03. The van der Waals surface area contributed by atoms with Crippen molar-refractivity contribution in [2.24, 2.45) is 5.73 Å². The van der Waals surface area contributed by atoms with Gasteiger partial charge >= 0.3 is 0 Å². The van der Waals surface area contributed by atoms with Crippen molar-refractivity contribution in [1.29, 1.82) is 0 Å². The van der Waals surface area contributed by atoms with Crippen molar-refractivity contribution in [2.75, 3.05) is 19.7 Å². The number of carbonyl (C=O) groups is 1. The molecule has 192 valence electrons. The molecule has 0 unspecified atom stereocenters.